The van der Waals surface area contributed by atoms with Crippen LogP contribution in [0.2, 0.25) is 0 Å². The van der Waals surface area contributed by atoms with Gasteiger partial charge in [0.1, 0.15) is 17.0 Å². The van der Waals surface area contributed by atoms with Crippen molar-refractivity contribution in [3.63, 3.8) is 0 Å². The van der Waals surface area contributed by atoms with Gasteiger partial charge in [-0.3, -0.25) is 0 Å². The Bertz CT molecular complexity index is 1310. The van der Waals surface area contributed by atoms with E-state index >= 15 is 0 Å². The van der Waals surface area contributed by atoms with E-state index in [2.05, 4.69) is 32.0 Å². The number of hydrogen-bond acceptors (Lipinski definition) is 5. The highest BCUT2D eigenvalue weighted by atomic mass is 16.5. The predicted octanol–water partition coefficient (Wildman–Crippen LogP) is 5.75. The summed E-state index contributed by atoms with van der Waals surface area (Å²) < 4.78 is 8.18. The molecule has 5 fully saturated rings. The van der Waals surface area contributed by atoms with E-state index in [4.69, 9.17) is 15.0 Å². The number of ether oxygens (including phenoxy) is 1. The van der Waals surface area contributed by atoms with Gasteiger partial charge in [0.2, 0.25) is 0 Å². The van der Waals surface area contributed by atoms with Crippen LogP contribution in [-0.2, 0) is 11.3 Å². The number of nitrogens with zero attached hydrogens (tertiary/aromatic N) is 4. The second-order valence-corrected chi connectivity index (χ2v) is 12.1. The van der Waals surface area contributed by atoms with Crippen LogP contribution in [0.3, 0.4) is 0 Å². The monoisotopic (exact) mass is 486 g/mol. The minimum Gasteiger partial charge on any atom is -0.441 e. The standard InChI is InChI=1S/C28H34N6O2/c29-7-5-17-1-3-21(4-2-17)34-24(32-23-15-31-26-22(25(23)34)6-8-30-26)16-36-27(35)33-28-12-18-9-19(13-28)11-20(10-18)14-28/h6,8,15,17-21H,1-5,9-14,16H2,(H,30,31)(H,33,35)/t17-,18?,19?,20?,21-,28?. The minimum absolute atomic E-state index is 0.0632. The van der Waals surface area contributed by atoms with E-state index < -0.39 is 0 Å². The van der Waals surface area contributed by atoms with Gasteiger partial charge >= 0.3 is 6.09 Å². The number of carbonyl (C=O) groups excluding carboxylic acids is 1. The maximum atomic E-state index is 13.1. The lowest BCUT2D eigenvalue weighted by Gasteiger charge is -2.56. The molecule has 8 rings (SSSR count). The number of nitrogens with one attached hydrogen (secondary N) is 2. The third-order valence-electron chi connectivity index (χ3n) is 9.61. The molecule has 0 aliphatic heterocycles. The van der Waals surface area contributed by atoms with Gasteiger partial charge < -0.3 is 19.6 Å². The Labute approximate surface area is 210 Å². The summed E-state index contributed by atoms with van der Waals surface area (Å²) in [7, 11) is 0. The Morgan fingerprint density at radius 2 is 1.89 bits per heavy atom. The van der Waals surface area contributed by atoms with Crippen molar-refractivity contribution in [1.29, 1.82) is 5.26 Å². The van der Waals surface area contributed by atoms with E-state index in [1.54, 1.807) is 0 Å². The normalized spacial score (nSPS) is 33.1. The van der Waals surface area contributed by atoms with Gasteiger partial charge in [0.05, 0.1) is 17.8 Å². The molecule has 8 nitrogen and oxygen atoms in total. The molecule has 1 amide bonds. The lowest BCUT2D eigenvalue weighted by molar-refractivity contribution is -0.0197. The zero-order chi connectivity index (χ0) is 24.3. The molecule has 2 N–H and O–H groups in total. The summed E-state index contributed by atoms with van der Waals surface area (Å²) in [5.74, 6) is 3.57. The number of pyridine rings is 1. The summed E-state index contributed by atoms with van der Waals surface area (Å²) >= 11 is 0. The average Bonchev–Trinajstić information content (AvgIpc) is 3.46. The summed E-state index contributed by atoms with van der Waals surface area (Å²) in [6.45, 7) is 0.150. The molecule has 8 heteroatoms. The number of aromatic nitrogens is 4. The summed E-state index contributed by atoms with van der Waals surface area (Å²) in [6.07, 6.45) is 15.5. The molecule has 5 saturated carbocycles. The first kappa shape index (κ1) is 22.1. The number of nitriles is 1. The molecule has 0 unspecified atom stereocenters. The van der Waals surface area contributed by atoms with Crippen LogP contribution in [-0.4, -0.2) is 31.2 Å². The molecular weight excluding hydrogens is 452 g/mol. The number of rotatable bonds is 5. The van der Waals surface area contributed by atoms with Gasteiger partial charge in [-0.15, -0.1) is 0 Å². The first-order valence-electron chi connectivity index (χ1n) is 13.7. The molecule has 0 spiro atoms. The van der Waals surface area contributed by atoms with E-state index in [1.807, 2.05) is 12.4 Å². The van der Waals surface area contributed by atoms with Crippen LogP contribution in [0.4, 0.5) is 4.79 Å². The van der Waals surface area contributed by atoms with E-state index in [0.717, 1.165) is 90.6 Å². The second kappa shape index (κ2) is 8.50. The topological polar surface area (TPSA) is 109 Å². The highest BCUT2D eigenvalue weighted by molar-refractivity contribution is 6.01. The van der Waals surface area contributed by atoms with E-state index in [1.165, 1.54) is 19.3 Å². The van der Waals surface area contributed by atoms with Crippen LogP contribution < -0.4 is 5.32 Å². The summed E-state index contributed by atoms with van der Waals surface area (Å²) in [5.41, 5.74) is 2.67. The van der Waals surface area contributed by atoms with Crippen molar-refractivity contribution < 1.29 is 9.53 Å². The molecule has 0 aromatic carbocycles. The maximum absolute atomic E-state index is 13.1. The Balaban J connectivity index is 1.13. The van der Waals surface area contributed by atoms with Crippen LogP contribution in [0.1, 0.15) is 82.5 Å². The van der Waals surface area contributed by atoms with Crippen LogP contribution in [0.5, 0.6) is 0 Å². The molecule has 3 aromatic heterocycles. The lowest BCUT2D eigenvalue weighted by atomic mass is 9.53. The summed E-state index contributed by atoms with van der Waals surface area (Å²) in [4.78, 5) is 25.7. The molecule has 5 aliphatic rings. The number of aromatic amines is 1. The number of H-pyrrole nitrogens is 1. The molecule has 0 atom stereocenters. The quantitative estimate of drug-likeness (QED) is 0.477. The van der Waals surface area contributed by atoms with Crippen LogP contribution in [0.25, 0.3) is 22.1 Å². The summed E-state index contributed by atoms with van der Waals surface area (Å²) in [6, 6.07) is 4.66. The molecule has 0 saturated heterocycles. The van der Waals surface area contributed by atoms with Gasteiger partial charge in [-0.05, 0) is 93.9 Å². The maximum Gasteiger partial charge on any atom is 0.408 e. The fourth-order valence-electron chi connectivity index (χ4n) is 8.52. The number of imidazole rings is 1. The van der Waals surface area contributed by atoms with Crippen molar-refractivity contribution in [2.24, 2.45) is 23.7 Å². The van der Waals surface area contributed by atoms with Crippen molar-refractivity contribution >= 4 is 28.2 Å². The van der Waals surface area contributed by atoms with Gasteiger partial charge in [-0.1, -0.05) is 0 Å². The first-order valence-corrected chi connectivity index (χ1v) is 13.7. The molecule has 188 valence electrons. The molecule has 0 radical (unpaired) electrons. The van der Waals surface area contributed by atoms with Gasteiger partial charge in [0, 0.05) is 29.6 Å². The highest BCUT2D eigenvalue weighted by Crippen LogP contribution is 2.55. The lowest BCUT2D eigenvalue weighted by Crippen LogP contribution is -2.59. The van der Waals surface area contributed by atoms with Gasteiger partial charge in [-0.25, -0.2) is 14.8 Å². The largest absolute Gasteiger partial charge is 0.441 e. The Morgan fingerprint density at radius 3 is 2.58 bits per heavy atom. The van der Waals surface area contributed by atoms with Crippen molar-refractivity contribution in [3.05, 3.63) is 24.3 Å². The SMILES string of the molecule is N#CC[C@H]1CC[C@H](n2c(COC(=O)NC34CC5CC(CC(C5)C3)C4)nc3cnc4[nH]ccc4c32)CC1. The zero-order valence-corrected chi connectivity index (χ0v) is 20.7. The van der Waals surface area contributed by atoms with Crippen LogP contribution in [0.15, 0.2) is 18.5 Å². The number of carbonyl (C=O) groups is 1. The van der Waals surface area contributed by atoms with Crippen molar-refractivity contribution in [2.45, 2.75) is 88.8 Å². The van der Waals surface area contributed by atoms with Gasteiger partial charge in [0.15, 0.2) is 6.61 Å². The Hall–Kier alpha value is -3.08. The predicted molar refractivity (Wildman–Crippen MR) is 135 cm³/mol. The molecule has 36 heavy (non-hydrogen) atoms. The average molecular weight is 487 g/mol. The third-order valence-corrected chi connectivity index (χ3v) is 9.61. The fourth-order valence-corrected chi connectivity index (χ4v) is 8.52. The van der Waals surface area contributed by atoms with Gasteiger partial charge in [-0.2, -0.15) is 5.26 Å². The van der Waals surface area contributed by atoms with Crippen molar-refractivity contribution in [1.82, 2.24) is 24.8 Å². The smallest absolute Gasteiger partial charge is 0.408 e. The minimum atomic E-state index is -0.307. The Kier molecular flexibility index (Phi) is 5.23. The number of hydrogen-bond donors (Lipinski definition) is 2. The third kappa shape index (κ3) is 3.75. The highest BCUT2D eigenvalue weighted by Gasteiger charge is 2.51. The molecule has 3 heterocycles. The summed E-state index contributed by atoms with van der Waals surface area (Å²) in [5, 5.41) is 13.5. The van der Waals surface area contributed by atoms with Crippen LogP contribution in [0, 0.1) is 35.0 Å². The van der Waals surface area contributed by atoms with Crippen molar-refractivity contribution in [3.8, 4) is 6.07 Å². The van der Waals surface area contributed by atoms with E-state index in [0.29, 0.717) is 12.3 Å². The second-order valence-electron chi connectivity index (χ2n) is 12.1. The number of amides is 1. The molecule has 4 bridgehead atoms. The molecule has 5 aliphatic carbocycles. The first-order chi connectivity index (χ1) is 17.6. The zero-order valence-electron chi connectivity index (χ0n) is 20.7. The van der Waals surface area contributed by atoms with E-state index in [-0.39, 0.29) is 24.3 Å². The fraction of sp³-hybridized carbons (Fsp3) is 0.643. The Morgan fingerprint density at radius 1 is 1.17 bits per heavy atom. The van der Waals surface area contributed by atoms with Crippen LogP contribution >= 0.6 is 0 Å². The van der Waals surface area contributed by atoms with Gasteiger partial charge in [0.25, 0.3) is 0 Å². The molecule has 3 aromatic rings. The number of fused-ring (bicyclic) bond motifs is 3. The number of alkyl carbamates (subject to hydrolysis) is 1. The van der Waals surface area contributed by atoms with Crippen molar-refractivity contribution in [2.75, 3.05) is 0 Å². The molecular formula is C28H34N6O2. The van der Waals surface area contributed by atoms with E-state index in [9.17, 15) is 4.79 Å².